The first-order chi connectivity index (χ1) is 9.04. The fourth-order valence-electron chi connectivity index (χ4n) is 1.27. The van der Waals surface area contributed by atoms with Crippen LogP contribution in [-0.2, 0) is 4.79 Å². The topological polar surface area (TPSA) is 29.1 Å². The van der Waals surface area contributed by atoms with Crippen LogP contribution in [0.4, 0.5) is 3.89 Å². The second kappa shape index (κ2) is 10.9. The van der Waals surface area contributed by atoms with Crippen LogP contribution in [0.25, 0.3) is 0 Å². The summed E-state index contributed by atoms with van der Waals surface area (Å²) in [6.45, 7) is 8.44. The number of rotatable bonds is 8. The highest BCUT2D eigenvalue weighted by molar-refractivity contribution is 7.98. The summed E-state index contributed by atoms with van der Waals surface area (Å²) < 4.78 is 12.3. The molecule has 0 aliphatic rings. The monoisotopic (exact) mass is 285 g/mol. The quantitative estimate of drug-likeness (QED) is 0.397. The maximum Gasteiger partial charge on any atom is 0.251 e. The largest absolute Gasteiger partial charge is 0.352 e. The highest BCUT2D eigenvalue weighted by Crippen LogP contribution is 2.16. The molecular formula is C15H24FNOS. The number of halogens is 1. The van der Waals surface area contributed by atoms with Gasteiger partial charge in [0.1, 0.15) is 0 Å². The Hall–Kier alpha value is -1.03. The van der Waals surface area contributed by atoms with Gasteiger partial charge in [0, 0.05) is 17.0 Å². The molecule has 0 radical (unpaired) electrons. The first-order valence-electron chi connectivity index (χ1n) is 6.67. The predicted octanol–water partition coefficient (Wildman–Crippen LogP) is 4.71. The highest BCUT2D eigenvalue weighted by atomic mass is 32.2. The number of hydrogen-bond donors (Lipinski definition) is 1. The van der Waals surface area contributed by atoms with Gasteiger partial charge in [-0.25, -0.2) is 0 Å². The molecule has 0 bridgehead atoms. The van der Waals surface area contributed by atoms with E-state index in [0.717, 1.165) is 24.8 Å². The summed E-state index contributed by atoms with van der Waals surface area (Å²) in [5.41, 5.74) is 1.69. The molecule has 19 heavy (non-hydrogen) atoms. The second-order valence-electron chi connectivity index (χ2n) is 4.43. The summed E-state index contributed by atoms with van der Waals surface area (Å²) in [4.78, 5) is 12.5. The van der Waals surface area contributed by atoms with Gasteiger partial charge in [-0.1, -0.05) is 31.9 Å². The van der Waals surface area contributed by atoms with Crippen LogP contribution in [0.5, 0.6) is 0 Å². The van der Waals surface area contributed by atoms with Crippen molar-refractivity contribution in [1.29, 1.82) is 0 Å². The van der Waals surface area contributed by atoms with E-state index in [4.69, 9.17) is 0 Å². The Morgan fingerprint density at radius 3 is 2.47 bits per heavy atom. The van der Waals surface area contributed by atoms with Gasteiger partial charge in [0.15, 0.2) is 0 Å². The van der Waals surface area contributed by atoms with Crippen LogP contribution in [0, 0.1) is 0 Å². The maximum absolute atomic E-state index is 12.3. The van der Waals surface area contributed by atoms with Gasteiger partial charge in [0.05, 0.1) is 12.1 Å². The third-order valence-corrected chi connectivity index (χ3v) is 3.04. The molecule has 0 aliphatic heterocycles. The smallest absolute Gasteiger partial charge is 0.251 e. The predicted molar refractivity (Wildman–Crippen MR) is 82.5 cm³/mol. The van der Waals surface area contributed by atoms with Crippen molar-refractivity contribution in [3.05, 3.63) is 34.3 Å². The molecule has 1 amide bonds. The molecule has 2 nitrogen and oxygen atoms in total. The lowest BCUT2D eigenvalue weighted by atomic mass is 10.1. The molecule has 0 aromatic heterocycles. The molecule has 1 N–H and O–H groups in total. The molecule has 0 heterocycles. The van der Waals surface area contributed by atoms with Crippen molar-refractivity contribution in [2.75, 3.05) is 6.54 Å². The van der Waals surface area contributed by atoms with Crippen molar-refractivity contribution in [1.82, 2.24) is 5.32 Å². The highest BCUT2D eigenvalue weighted by Gasteiger charge is 2.05. The molecule has 4 heteroatoms. The van der Waals surface area contributed by atoms with Gasteiger partial charge in [-0.2, -0.15) is 3.89 Å². The lowest BCUT2D eigenvalue weighted by molar-refractivity contribution is -0.117. The zero-order valence-corrected chi connectivity index (χ0v) is 13.1. The third kappa shape index (κ3) is 8.65. The van der Waals surface area contributed by atoms with Crippen molar-refractivity contribution in [3.8, 4) is 0 Å². The van der Waals surface area contributed by atoms with E-state index in [1.165, 1.54) is 0 Å². The maximum atomic E-state index is 12.3. The molecule has 0 aromatic rings. The van der Waals surface area contributed by atoms with Crippen LogP contribution in [0.3, 0.4) is 0 Å². The van der Waals surface area contributed by atoms with E-state index < -0.39 is 0 Å². The molecule has 0 atom stereocenters. The average molecular weight is 285 g/mol. The number of amides is 1. The van der Waals surface area contributed by atoms with Crippen LogP contribution in [-0.4, -0.2) is 12.5 Å². The molecule has 0 unspecified atom stereocenters. The summed E-state index contributed by atoms with van der Waals surface area (Å²) in [7, 11) is 0. The van der Waals surface area contributed by atoms with Crippen LogP contribution in [0.1, 0.15) is 47.0 Å². The molecular weight excluding hydrogens is 261 g/mol. The number of hydrogen-bond acceptors (Lipinski definition) is 2. The van der Waals surface area contributed by atoms with E-state index in [2.05, 4.69) is 12.2 Å². The van der Waals surface area contributed by atoms with E-state index in [1.54, 1.807) is 19.1 Å². The molecule has 0 saturated heterocycles. The third-order valence-electron chi connectivity index (χ3n) is 2.66. The Bertz CT molecular complexity index is 372. The lowest BCUT2D eigenvalue weighted by Gasteiger charge is -2.06. The Morgan fingerprint density at radius 1 is 1.26 bits per heavy atom. The number of unbranched alkanes of at least 4 members (excludes halogenated alkanes) is 1. The average Bonchev–Trinajstić information content (AvgIpc) is 2.42. The number of allylic oxidation sites excluding steroid dienone is 4. The molecule has 0 spiro atoms. The van der Waals surface area contributed by atoms with Crippen LogP contribution in [0.2, 0.25) is 0 Å². The van der Waals surface area contributed by atoms with E-state index in [9.17, 15) is 8.68 Å². The van der Waals surface area contributed by atoms with Crippen LogP contribution in [0.15, 0.2) is 34.3 Å². The Labute approximate surface area is 120 Å². The summed E-state index contributed by atoms with van der Waals surface area (Å²) in [6, 6.07) is 0. The minimum absolute atomic E-state index is 0.103. The minimum Gasteiger partial charge on any atom is -0.352 e. The van der Waals surface area contributed by atoms with Gasteiger partial charge < -0.3 is 5.32 Å². The second-order valence-corrected chi connectivity index (χ2v) is 5.23. The summed E-state index contributed by atoms with van der Waals surface area (Å²) in [5, 5.41) is 2.87. The zero-order valence-electron chi connectivity index (χ0n) is 12.3. The minimum atomic E-state index is -0.103. The fourth-order valence-corrected chi connectivity index (χ4v) is 1.39. The van der Waals surface area contributed by atoms with Crippen LogP contribution < -0.4 is 5.32 Å². The van der Waals surface area contributed by atoms with Crippen molar-refractivity contribution in [2.24, 2.45) is 0 Å². The van der Waals surface area contributed by atoms with Crippen molar-refractivity contribution < 1.29 is 8.68 Å². The van der Waals surface area contributed by atoms with Crippen molar-refractivity contribution in [2.45, 2.75) is 47.0 Å². The van der Waals surface area contributed by atoms with Gasteiger partial charge >= 0.3 is 0 Å². The van der Waals surface area contributed by atoms with Gasteiger partial charge in [0.2, 0.25) is 0 Å². The lowest BCUT2D eigenvalue weighted by Crippen LogP contribution is -2.25. The van der Waals surface area contributed by atoms with E-state index in [-0.39, 0.29) is 18.1 Å². The number of carbonyl (C=O) groups is 1. The van der Waals surface area contributed by atoms with Crippen molar-refractivity contribution in [3.63, 3.8) is 0 Å². The number of nitrogens with one attached hydrogen (secondary N) is 1. The standard InChI is InChI=1S/C15H24FNOS/c1-5-7-10-17-15(18)14(11-12(3)6-2)9-8-13(4)19-16/h8-9,11H,5-7,10H2,1-4H3,(H,17,18)/b12-11+,13-8+,14-9+. The first kappa shape index (κ1) is 18.0. The Balaban J connectivity index is 4.91. The molecule has 108 valence electrons. The zero-order chi connectivity index (χ0) is 14.7. The summed E-state index contributed by atoms with van der Waals surface area (Å²) in [6.07, 6.45) is 8.04. The Morgan fingerprint density at radius 2 is 1.95 bits per heavy atom. The first-order valence-corrected chi connectivity index (χ1v) is 7.39. The van der Waals surface area contributed by atoms with E-state index in [1.807, 2.05) is 19.9 Å². The fraction of sp³-hybridized carbons (Fsp3) is 0.533. The van der Waals surface area contributed by atoms with Crippen LogP contribution >= 0.6 is 12.1 Å². The molecule has 0 aliphatic carbocycles. The number of carbonyl (C=O) groups excluding carboxylic acids is 1. The van der Waals surface area contributed by atoms with E-state index >= 15 is 0 Å². The summed E-state index contributed by atoms with van der Waals surface area (Å²) >= 11 is 0.189. The van der Waals surface area contributed by atoms with Gasteiger partial charge in [-0.15, -0.1) is 0 Å². The normalized spacial score (nSPS) is 13.6. The Kier molecular flexibility index (Phi) is 10.3. The van der Waals surface area contributed by atoms with Gasteiger partial charge in [0.25, 0.3) is 5.91 Å². The SMILES string of the molecule is CCCCNC(=O)C(/C=C(\C)CC)=C/C=C(\C)SF. The van der Waals surface area contributed by atoms with E-state index in [0.29, 0.717) is 17.0 Å². The molecule has 0 aromatic carbocycles. The van der Waals surface area contributed by atoms with Gasteiger partial charge in [-0.05, 0) is 38.8 Å². The summed E-state index contributed by atoms with van der Waals surface area (Å²) in [5.74, 6) is -0.103. The molecule has 0 rings (SSSR count). The molecule has 0 fully saturated rings. The molecule has 0 saturated carbocycles. The van der Waals surface area contributed by atoms with Crippen molar-refractivity contribution >= 4 is 18.1 Å². The van der Waals surface area contributed by atoms with Gasteiger partial charge in [-0.3, -0.25) is 4.79 Å².